The maximum absolute atomic E-state index is 12.6. The highest BCUT2D eigenvalue weighted by Crippen LogP contribution is 2.43. The summed E-state index contributed by atoms with van der Waals surface area (Å²) in [6.07, 6.45) is 34.5. The summed E-state index contributed by atoms with van der Waals surface area (Å²) in [7, 11) is 1.49. The Hall–Kier alpha value is -0.990. The highest BCUT2D eigenvalue weighted by Gasteiger charge is 2.27. The predicted octanol–water partition coefficient (Wildman–Crippen LogP) is 12.0. The maximum Gasteiger partial charge on any atom is 0.472 e. The molecule has 0 spiro atoms. The number of unbranched alkanes of at least 4 members (excludes halogenated alkanes) is 26. The van der Waals surface area contributed by atoms with Gasteiger partial charge in [0, 0.05) is 12.8 Å². The molecule has 0 aromatic rings. The van der Waals surface area contributed by atoms with Gasteiger partial charge in [0.15, 0.2) is 6.10 Å². The molecule has 310 valence electrons. The van der Waals surface area contributed by atoms with Gasteiger partial charge in [0.25, 0.3) is 0 Å². The number of carbonyl (C=O) groups is 2. The number of phosphoric acid groups is 1. The molecular weight excluding hydrogens is 677 g/mol. The molecule has 9 nitrogen and oxygen atoms in total. The van der Waals surface area contributed by atoms with Crippen molar-refractivity contribution in [3.63, 3.8) is 0 Å². The molecule has 0 aliphatic rings. The Kier molecular flexibility index (Phi) is 35.0. The lowest BCUT2D eigenvalue weighted by Crippen LogP contribution is -2.37. The highest BCUT2D eigenvalue weighted by molar-refractivity contribution is 7.47. The number of quaternary nitrogens is 1. The van der Waals surface area contributed by atoms with Crippen molar-refractivity contribution < 1.29 is 42.1 Å². The van der Waals surface area contributed by atoms with Crippen LogP contribution in [-0.2, 0) is 32.7 Å². The van der Waals surface area contributed by atoms with E-state index in [4.69, 9.17) is 18.5 Å². The Labute approximate surface area is 321 Å². The minimum atomic E-state index is -4.36. The molecule has 0 heterocycles. The van der Waals surface area contributed by atoms with Crippen LogP contribution in [0.4, 0.5) is 0 Å². The van der Waals surface area contributed by atoms with Gasteiger partial charge in [-0.3, -0.25) is 18.6 Å². The van der Waals surface area contributed by atoms with Crippen molar-refractivity contribution in [2.24, 2.45) is 0 Å². The summed E-state index contributed by atoms with van der Waals surface area (Å²) < 4.78 is 34.2. The van der Waals surface area contributed by atoms with Crippen molar-refractivity contribution in [3.8, 4) is 0 Å². The number of hydrogen-bond donors (Lipinski definition) is 1. The minimum Gasteiger partial charge on any atom is -0.462 e. The van der Waals surface area contributed by atoms with Crippen LogP contribution in [-0.4, -0.2) is 74.9 Å². The number of esters is 2. The second-order valence-corrected chi connectivity index (χ2v) is 17.6. The Morgan fingerprint density at radius 2 is 0.865 bits per heavy atom. The standard InChI is InChI=1S/C42H84NO8P/c1-6-8-10-12-14-16-17-18-19-20-21-22-23-24-25-26-27-29-30-32-34-41(44)48-38-40(39-50-52(46,47)49-37-36-43(3,4)5)51-42(45)35-33-31-28-15-13-11-9-7-2/h40H,6-39H2,1-5H3/p+1. The minimum absolute atomic E-state index is 0.0363. The molecule has 1 N–H and O–H groups in total. The molecule has 2 unspecified atom stereocenters. The Morgan fingerprint density at radius 1 is 0.519 bits per heavy atom. The summed E-state index contributed by atoms with van der Waals surface area (Å²) in [6, 6.07) is 0. The third kappa shape index (κ3) is 38.7. The summed E-state index contributed by atoms with van der Waals surface area (Å²) in [5.74, 6) is -0.790. The zero-order valence-electron chi connectivity index (χ0n) is 34.8. The average molecular weight is 763 g/mol. The summed E-state index contributed by atoms with van der Waals surface area (Å²) in [5.41, 5.74) is 0. The Bertz CT molecular complexity index is 865. The van der Waals surface area contributed by atoms with E-state index in [9.17, 15) is 19.0 Å². The van der Waals surface area contributed by atoms with Crippen LogP contribution in [0.1, 0.15) is 206 Å². The fourth-order valence-corrected chi connectivity index (χ4v) is 6.93. The lowest BCUT2D eigenvalue weighted by atomic mass is 10.0. The van der Waals surface area contributed by atoms with Crippen LogP contribution >= 0.6 is 7.82 Å². The zero-order valence-corrected chi connectivity index (χ0v) is 35.7. The smallest absolute Gasteiger partial charge is 0.462 e. The van der Waals surface area contributed by atoms with Crippen LogP contribution in [0.5, 0.6) is 0 Å². The van der Waals surface area contributed by atoms with Crippen LogP contribution in [0, 0.1) is 0 Å². The van der Waals surface area contributed by atoms with Gasteiger partial charge < -0.3 is 18.9 Å². The van der Waals surface area contributed by atoms with Gasteiger partial charge >= 0.3 is 19.8 Å². The molecule has 0 bridgehead atoms. The first-order chi connectivity index (χ1) is 25.0. The largest absolute Gasteiger partial charge is 0.472 e. The number of likely N-dealkylation sites (N-methyl/N-ethyl adjacent to an activating group) is 1. The van der Waals surface area contributed by atoms with E-state index in [0.29, 0.717) is 23.9 Å². The first-order valence-corrected chi connectivity index (χ1v) is 23.3. The zero-order chi connectivity index (χ0) is 38.6. The molecule has 0 aliphatic carbocycles. The first kappa shape index (κ1) is 51.0. The SMILES string of the molecule is CCCCCCCCCCCCCCCCCCCCCCC(=O)OCC(COP(=O)(O)OCC[N+](C)(C)C)OC(=O)CCCCCCCCCC. The van der Waals surface area contributed by atoms with Crippen LogP contribution in [0.25, 0.3) is 0 Å². The third-order valence-corrected chi connectivity index (χ3v) is 10.6. The molecule has 10 heteroatoms. The van der Waals surface area contributed by atoms with Gasteiger partial charge in [-0.25, -0.2) is 4.57 Å². The summed E-state index contributed by atoms with van der Waals surface area (Å²) in [4.78, 5) is 35.2. The van der Waals surface area contributed by atoms with E-state index < -0.39 is 26.5 Å². The first-order valence-electron chi connectivity index (χ1n) is 21.8. The van der Waals surface area contributed by atoms with Crippen molar-refractivity contribution in [1.29, 1.82) is 0 Å². The summed E-state index contributed by atoms with van der Waals surface area (Å²) in [5, 5.41) is 0. The van der Waals surface area contributed by atoms with Gasteiger partial charge in [-0.2, -0.15) is 0 Å². The van der Waals surface area contributed by atoms with Crippen LogP contribution in [0.15, 0.2) is 0 Å². The van der Waals surface area contributed by atoms with Crippen LogP contribution in [0.3, 0.4) is 0 Å². The monoisotopic (exact) mass is 763 g/mol. The number of nitrogens with zero attached hydrogens (tertiary/aromatic N) is 1. The molecule has 0 aliphatic heterocycles. The number of phosphoric ester groups is 1. The Balaban J connectivity index is 4.15. The van der Waals surface area contributed by atoms with Gasteiger partial charge in [-0.1, -0.05) is 181 Å². The van der Waals surface area contributed by atoms with Gasteiger partial charge in [-0.05, 0) is 12.8 Å². The molecule has 0 fully saturated rings. The maximum atomic E-state index is 12.6. The molecule has 0 radical (unpaired) electrons. The van der Waals surface area contributed by atoms with E-state index in [0.717, 1.165) is 32.1 Å². The lowest BCUT2D eigenvalue weighted by Gasteiger charge is -2.24. The molecule has 0 rings (SSSR count). The van der Waals surface area contributed by atoms with Crippen molar-refractivity contribution in [3.05, 3.63) is 0 Å². The fraction of sp³-hybridized carbons (Fsp3) is 0.952. The van der Waals surface area contributed by atoms with Gasteiger partial charge in [-0.15, -0.1) is 0 Å². The molecule has 0 aromatic carbocycles. The molecule has 0 amide bonds. The normalized spacial score (nSPS) is 13.6. The van der Waals surface area contributed by atoms with E-state index in [1.54, 1.807) is 0 Å². The second-order valence-electron chi connectivity index (χ2n) is 16.1. The van der Waals surface area contributed by atoms with Gasteiger partial charge in [0.1, 0.15) is 19.8 Å². The van der Waals surface area contributed by atoms with Crippen LogP contribution < -0.4 is 0 Å². The van der Waals surface area contributed by atoms with Gasteiger partial charge in [0.2, 0.25) is 0 Å². The number of ether oxygens (including phenoxy) is 2. The topological polar surface area (TPSA) is 108 Å². The van der Waals surface area contributed by atoms with E-state index in [1.807, 2.05) is 21.1 Å². The predicted molar refractivity (Wildman–Crippen MR) is 215 cm³/mol. The number of rotatable bonds is 40. The Morgan fingerprint density at radius 3 is 1.23 bits per heavy atom. The number of carbonyl (C=O) groups excluding carboxylic acids is 2. The number of hydrogen-bond acceptors (Lipinski definition) is 7. The van der Waals surface area contributed by atoms with E-state index in [2.05, 4.69) is 13.8 Å². The van der Waals surface area contributed by atoms with Crippen LogP contribution in [0.2, 0.25) is 0 Å². The second kappa shape index (κ2) is 35.7. The fourth-order valence-electron chi connectivity index (χ4n) is 6.19. The average Bonchev–Trinajstić information content (AvgIpc) is 3.09. The van der Waals surface area contributed by atoms with Gasteiger partial charge in [0.05, 0.1) is 27.7 Å². The van der Waals surface area contributed by atoms with E-state index in [-0.39, 0.29) is 25.6 Å². The lowest BCUT2D eigenvalue weighted by molar-refractivity contribution is -0.870. The van der Waals surface area contributed by atoms with E-state index in [1.165, 1.54) is 141 Å². The molecular formula is C42H85NO8P+. The quantitative estimate of drug-likeness (QED) is 0.0284. The highest BCUT2D eigenvalue weighted by atomic mass is 31.2. The van der Waals surface area contributed by atoms with Crippen molar-refractivity contribution in [1.82, 2.24) is 0 Å². The molecule has 0 saturated carbocycles. The van der Waals surface area contributed by atoms with Crippen molar-refractivity contribution in [2.45, 2.75) is 213 Å². The summed E-state index contributed by atoms with van der Waals surface area (Å²) >= 11 is 0. The molecule has 52 heavy (non-hydrogen) atoms. The molecule has 0 saturated heterocycles. The molecule has 2 atom stereocenters. The van der Waals surface area contributed by atoms with E-state index >= 15 is 0 Å². The molecule has 0 aromatic heterocycles. The van der Waals surface area contributed by atoms with Crippen molar-refractivity contribution >= 4 is 19.8 Å². The summed E-state index contributed by atoms with van der Waals surface area (Å²) in [6.45, 7) is 4.41. The third-order valence-electron chi connectivity index (χ3n) is 9.64. The van der Waals surface area contributed by atoms with Crippen molar-refractivity contribution in [2.75, 3.05) is 47.5 Å².